The number of aliphatic hydroxyl groups excluding tert-OH is 1. The van der Waals surface area contributed by atoms with Crippen molar-refractivity contribution in [1.82, 2.24) is 9.97 Å². The van der Waals surface area contributed by atoms with Crippen LogP contribution in [-0.2, 0) is 11.3 Å². The molecule has 0 bridgehead atoms. The van der Waals surface area contributed by atoms with Crippen molar-refractivity contribution in [3.05, 3.63) is 29.3 Å². The second-order valence-electron chi connectivity index (χ2n) is 6.42. The average molecular weight is 328 g/mol. The van der Waals surface area contributed by atoms with E-state index in [4.69, 9.17) is 9.84 Å². The van der Waals surface area contributed by atoms with Gasteiger partial charge in [-0.2, -0.15) is 13.8 Å². The molecule has 0 saturated heterocycles. The predicted octanol–water partition coefficient (Wildman–Crippen LogP) is 3.55. The first kappa shape index (κ1) is 17.5. The minimum Gasteiger partial charge on any atom is -0.475 e. The van der Waals surface area contributed by atoms with E-state index in [-0.39, 0.29) is 35.4 Å². The van der Waals surface area contributed by atoms with Crippen molar-refractivity contribution < 1.29 is 23.0 Å². The Kier molecular flexibility index (Phi) is 4.52. The number of benzene rings is 1. The van der Waals surface area contributed by atoms with E-state index in [0.717, 1.165) is 0 Å². The summed E-state index contributed by atoms with van der Waals surface area (Å²) in [6.07, 6.45) is 0. The highest BCUT2D eigenvalue weighted by Crippen LogP contribution is 2.34. The summed E-state index contributed by atoms with van der Waals surface area (Å²) in [7, 11) is 0. The van der Waals surface area contributed by atoms with Gasteiger partial charge in [0.2, 0.25) is 11.7 Å². The van der Waals surface area contributed by atoms with Gasteiger partial charge in [0.25, 0.3) is 0 Å². The lowest BCUT2D eigenvalue weighted by Gasteiger charge is -2.21. The number of aromatic nitrogens is 2. The van der Waals surface area contributed by atoms with Gasteiger partial charge in [0.15, 0.2) is 0 Å². The van der Waals surface area contributed by atoms with Gasteiger partial charge in [0, 0.05) is 6.92 Å². The van der Waals surface area contributed by atoms with Crippen molar-refractivity contribution in [3.63, 3.8) is 0 Å². The van der Waals surface area contributed by atoms with Crippen molar-refractivity contribution in [1.29, 1.82) is 0 Å². The summed E-state index contributed by atoms with van der Waals surface area (Å²) < 4.78 is 46.7. The molecule has 7 heteroatoms. The first-order valence-corrected chi connectivity index (χ1v) is 7.18. The molecule has 0 aliphatic heterocycles. The number of halogens is 3. The molecular weight excluding hydrogens is 309 g/mol. The number of hydrogen-bond acceptors (Lipinski definition) is 4. The SMILES string of the molecule is CC(C)(C)c1cc(F)c2nc(C(C)(F)F)nc(OCCO)c2c1. The molecule has 23 heavy (non-hydrogen) atoms. The van der Waals surface area contributed by atoms with Gasteiger partial charge in [0.05, 0.1) is 12.0 Å². The van der Waals surface area contributed by atoms with Crippen LogP contribution in [0, 0.1) is 5.82 Å². The van der Waals surface area contributed by atoms with Gasteiger partial charge >= 0.3 is 5.92 Å². The number of nitrogens with zero attached hydrogens (tertiary/aromatic N) is 2. The summed E-state index contributed by atoms with van der Waals surface area (Å²) in [5.74, 6) is -5.03. The molecule has 0 atom stereocenters. The second-order valence-corrected chi connectivity index (χ2v) is 6.42. The lowest BCUT2D eigenvalue weighted by molar-refractivity contribution is 0.00730. The molecule has 0 radical (unpaired) electrons. The Morgan fingerprint density at radius 1 is 1.13 bits per heavy atom. The smallest absolute Gasteiger partial charge is 0.303 e. The third-order valence-corrected chi connectivity index (χ3v) is 3.31. The topological polar surface area (TPSA) is 55.2 Å². The Labute approximate surface area is 132 Å². The number of aliphatic hydroxyl groups is 1. The Bertz CT molecular complexity index is 722. The van der Waals surface area contributed by atoms with Gasteiger partial charge in [-0.15, -0.1) is 0 Å². The van der Waals surface area contributed by atoms with E-state index >= 15 is 0 Å². The minimum atomic E-state index is -3.33. The Balaban J connectivity index is 2.76. The fourth-order valence-corrected chi connectivity index (χ4v) is 2.04. The average Bonchev–Trinajstić information content (AvgIpc) is 2.42. The van der Waals surface area contributed by atoms with Crippen molar-refractivity contribution in [3.8, 4) is 5.88 Å². The number of alkyl halides is 2. The summed E-state index contributed by atoms with van der Waals surface area (Å²) in [5, 5.41) is 9.08. The molecule has 0 aliphatic rings. The van der Waals surface area contributed by atoms with Gasteiger partial charge in [-0.1, -0.05) is 20.8 Å². The van der Waals surface area contributed by atoms with Crippen molar-refractivity contribution in [2.45, 2.75) is 39.0 Å². The zero-order chi connectivity index (χ0) is 17.4. The van der Waals surface area contributed by atoms with E-state index in [1.165, 1.54) is 6.07 Å². The van der Waals surface area contributed by atoms with Crippen LogP contribution in [0.2, 0.25) is 0 Å². The van der Waals surface area contributed by atoms with Crippen LogP contribution in [0.1, 0.15) is 39.1 Å². The molecule has 0 unspecified atom stereocenters. The third kappa shape index (κ3) is 3.72. The van der Waals surface area contributed by atoms with Gasteiger partial charge < -0.3 is 9.84 Å². The number of ether oxygens (including phenoxy) is 1. The van der Waals surface area contributed by atoms with Crippen LogP contribution in [-0.4, -0.2) is 28.3 Å². The van der Waals surface area contributed by atoms with Crippen LogP contribution < -0.4 is 4.74 Å². The molecule has 126 valence electrons. The molecule has 0 amide bonds. The Morgan fingerprint density at radius 3 is 2.30 bits per heavy atom. The zero-order valence-corrected chi connectivity index (χ0v) is 13.5. The molecule has 1 heterocycles. The van der Waals surface area contributed by atoms with Crippen molar-refractivity contribution in [2.75, 3.05) is 13.2 Å². The number of fused-ring (bicyclic) bond motifs is 1. The highest BCUT2D eigenvalue weighted by atomic mass is 19.3. The second kappa shape index (κ2) is 5.96. The molecule has 2 rings (SSSR count). The molecule has 0 saturated carbocycles. The van der Waals surface area contributed by atoms with Crippen LogP contribution in [0.15, 0.2) is 12.1 Å². The van der Waals surface area contributed by atoms with Crippen LogP contribution >= 0.6 is 0 Å². The fraction of sp³-hybridized carbons (Fsp3) is 0.500. The molecule has 0 spiro atoms. The zero-order valence-electron chi connectivity index (χ0n) is 13.5. The summed E-state index contributed by atoms with van der Waals surface area (Å²) >= 11 is 0. The summed E-state index contributed by atoms with van der Waals surface area (Å²) in [6.45, 7) is 5.88. The number of rotatable bonds is 4. The standard InChI is InChI=1S/C16H19F3N2O2/c1-15(2,3)9-7-10-12(11(17)8-9)20-14(16(4,18)19)21-13(10)23-6-5-22/h7-8,22H,5-6H2,1-4H3. The van der Waals surface area contributed by atoms with Gasteiger partial charge in [-0.05, 0) is 23.1 Å². The Morgan fingerprint density at radius 2 is 1.78 bits per heavy atom. The van der Waals surface area contributed by atoms with Crippen molar-refractivity contribution >= 4 is 10.9 Å². The summed E-state index contributed by atoms with van der Waals surface area (Å²) in [5.41, 5.74) is 0.0878. The van der Waals surface area contributed by atoms with Crippen LogP contribution in [0.25, 0.3) is 10.9 Å². The number of hydrogen-bond donors (Lipinski definition) is 1. The molecule has 1 aromatic carbocycles. The normalized spacial score (nSPS) is 12.7. The highest BCUT2D eigenvalue weighted by Gasteiger charge is 2.31. The molecule has 0 aliphatic carbocycles. The lowest BCUT2D eigenvalue weighted by Crippen LogP contribution is -2.16. The van der Waals surface area contributed by atoms with Crippen LogP contribution in [0.3, 0.4) is 0 Å². The first-order valence-electron chi connectivity index (χ1n) is 7.18. The fourth-order valence-electron chi connectivity index (χ4n) is 2.04. The third-order valence-electron chi connectivity index (χ3n) is 3.31. The van der Waals surface area contributed by atoms with Gasteiger partial charge in [-0.25, -0.2) is 9.37 Å². The highest BCUT2D eigenvalue weighted by molar-refractivity contribution is 5.85. The quantitative estimate of drug-likeness (QED) is 0.932. The molecule has 0 fully saturated rings. The molecule has 2 aromatic rings. The summed E-state index contributed by atoms with van der Waals surface area (Å²) in [4.78, 5) is 7.37. The molecule has 1 N–H and O–H groups in total. The van der Waals surface area contributed by atoms with Gasteiger partial charge in [0.1, 0.15) is 17.9 Å². The molecular formula is C16H19F3N2O2. The predicted molar refractivity (Wildman–Crippen MR) is 80.3 cm³/mol. The summed E-state index contributed by atoms with van der Waals surface area (Å²) in [6, 6.07) is 2.91. The van der Waals surface area contributed by atoms with E-state index in [9.17, 15) is 13.2 Å². The maximum Gasteiger partial charge on any atom is 0.303 e. The minimum absolute atomic E-state index is 0.137. The van der Waals surface area contributed by atoms with Gasteiger partial charge in [-0.3, -0.25) is 0 Å². The van der Waals surface area contributed by atoms with E-state index in [1.807, 2.05) is 20.8 Å². The first-order chi connectivity index (χ1) is 10.5. The largest absolute Gasteiger partial charge is 0.475 e. The Hall–Kier alpha value is -1.89. The lowest BCUT2D eigenvalue weighted by atomic mass is 9.86. The molecule has 1 aromatic heterocycles. The maximum atomic E-state index is 14.4. The van der Waals surface area contributed by atoms with E-state index in [1.54, 1.807) is 6.07 Å². The van der Waals surface area contributed by atoms with Crippen LogP contribution in [0.5, 0.6) is 5.88 Å². The van der Waals surface area contributed by atoms with Crippen molar-refractivity contribution in [2.24, 2.45) is 0 Å². The van der Waals surface area contributed by atoms with E-state index in [0.29, 0.717) is 12.5 Å². The maximum absolute atomic E-state index is 14.4. The van der Waals surface area contributed by atoms with Crippen LogP contribution in [0.4, 0.5) is 13.2 Å². The monoisotopic (exact) mass is 328 g/mol. The van der Waals surface area contributed by atoms with E-state index in [2.05, 4.69) is 9.97 Å². The van der Waals surface area contributed by atoms with E-state index < -0.39 is 17.6 Å². The molecule has 4 nitrogen and oxygen atoms in total.